The SMILES string of the molecule is Cc1ccc2c3ccccc3n(-c3ccc(-c4c5ccccc5cc5c6ccccc6c6ccccc6c45)cc3)c2c1. The molecule has 1 heteroatoms. The maximum absolute atomic E-state index is 2.41. The molecule has 0 aliphatic heterocycles. The third kappa shape index (κ3) is 3.25. The van der Waals surface area contributed by atoms with E-state index in [1.807, 2.05) is 0 Å². The van der Waals surface area contributed by atoms with Gasteiger partial charge in [-0.25, -0.2) is 0 Å². The number of aromatic nitrogens is 1. The van der Waals surface area contributed by atoms with Crippen molar-refractivity contribution >= 4 is 64.9 Å². The van der Waals surface area contributed by atoms with Crippen molar-refractivity contribution in [3.63, 3.8) is 0 Å². The molecule has 1 heterocycles. The average Bonchev–Trinajstić information content (AvgIpc) is 3.37. The van der Waals surface area contributed by atoms with Crippen molar-refractivity contribution < 1.29 is 0 Å². The van der Waals surface area contributed by atoms with E-state index in [2.05, 4.69) is 157 Å². The minimum absolute atomic E-state index is 1.18. The van der Waals surface area contributed by atoms with Gasteiger partial charge >= 0.3 is 0 Å². The zero-order chi connectivity index (χ0) is 27.8. The summed E-state index contributed by atoms with van der Waals surface area (Å²) in [5, 5.41) is 13.0. The molecule has 9 rings (SSSR count). The Morgan fingerprint density at radius 2 is 0.976 bits per heavy atom. The highest BCUT2D eigenvalue weighted by molar-refractivity contribution is 6.32. The Morgan fingerprint density at radius 3 is 1.74 bits per heavy atom. The third-order valence-electron chi connectivity index (χ3n) is 9.00. The molecule has 9 aromatic rings. The zero-order valence-electron chi connectivity index (χ0n) is 23.3. The topological polar surface area (TPSA) is 4.93 Å². The molecular weight excluding hydrogens is 506 g/mol. The normalized spacial score (nSPS) is 11.9. The highest BCUT2D eigenvalue weighted by atomic mass is 15.0. The lowest BCUT2D eigenvalue weighted by molar-refractivity contribution is 1.18. The van der Waals surface area contributed by atoms with Gasteiger partial charge in [0.25, 0.3) is 0 Å². The van der Waals surface area contributed by atoms with E-state index in [0.717, 1.165) is 0 Å². The van der Waals surface area contributed by atoms with Crippen molar-refractivity contribution in [2.75, 3.05) is 0 Å². The van der Waals surface area contributed by atoms with Gasteiger partial charge in [0.15, 0.2) is 0 Å². The van der Waals surface area contributed by atoms with E-state index in [4.69, 9.17) is 0 Å². The van der Waals surface area contributed by atoms with E-state index in [-0.39, 0.29) is 0 Å². The third-order valence-corrected chi connectivity index (χ3v) is 9.00. The minimum atomic E-state index is 1.18. The number of hydrogen-bond donors (Lipinski definition) is 0. The van der Waals surface area contributed by atoms with Crippen LogP contribution in [0.1, 0.15) is 5.56 Å². The molecule has 0 fully saturated rings. The first-order valence-corrected chi connectivity index (χ1v) is 14.6. The van der Waals surface area contributed by atoms with Crippen LogP contribution in [-0.2, 0) is 0 Å². The molecule has 8 aromatic carbocycles. The number of rotatable bonds is 2. The fourth-order valence-corrected chi connectivity index (χ4v) is 7.16. The van der Waals surface area contributed by atoms with Gasteiger partial charge in [-0.1, -0.05) is 115 Å². The first kappa shape index (κ1) is 23.3. The Balaban J connectivity index is 1.37. The molecule has 1 aromatic heterocycles. The van der Waals surface area contributed by atoms with E-state index in [1.54, 1.807) is 0 Å². The van der Waals surface area contributed by atoms with Gasteiger partial charge in [0.2, 0.25) is 0 Å². The molecule has 0 saturated carbocycles. The number of aryl methyl sites for hydroxylation is 1. The lowest BCUT2D eigenvalue weighted by atomic mass is 9.86. The Hall–Kier alpha value is -5.40. The second-order valence-corrected chi connectivity index (χ2v) is 11.4. The molecule has 0 atom stereocenters. The number of para-hydroxylation sites is 1. The van der Waals surface area contributed by atoms with E-state index < -0.39 is 0 Å². The van der Waals surface area contributed by atoms with Crippen molar-refractivity contribution in [3.8, 4) is 16.8 Å². The van der Waals surface area contributed by atoms with E-state index in [0.29, 0.717) is 0 Å². The van der Waals surface area contributed by atoms with Crippen LogP contribution in [0.25, 0.3) is 81.7 Å². The van der Waals surface area contributed by atoms with Crippen LogP contribution in [0.2, 0.25) is 0 Å². The Kier molecular flexibility index (Phi) is 4.88. The number of benzene rings is 8. The van der Waals surface area contributed by atoms with Crippen LogP contribution < -0.4 is 0 Å². The molecule has 0 spiro atoms. The Bertz CT molecular complexity index is 2510. The van der Waals surface area contributed by atoms with E-state index >= 15 is 0 Å². The summed E-state index contributed by atoms with van der Waals surface area (Å²) in [7, 11) is 0. The van der Waals surface area contributed by atoms with Crippen LogP contribution in [0.15, 0.2) is 146 Å². The Labute approximate surface area is 243 Å². The molecule has 42 heavy (non-hydrogen) atoms. The molecule has 0 bridgehead atoms. The first-order valence-electron chi connectivity index (χ1n) is 14.6. The van der Waals surface area contributed by atoms with Gasteiger partial charge in [-0.15, -0.1) is 0 Å². The maximum Gasteiger partial charge on any atom is 0.0543 e. The molecule has 0 aliphatic rings. The summed E-state index contributed by atoms with van der Waals surface area (Å²) in [5.74, 6) is 0. The summed E-state index contributed by atoms with van der Waals surface area (Å²) in [6, 6.07) is 53.7. The van der Waals surface area contributed by atoms with Gasteiger partial charge in [0.05, 0.1) is 11.0 Å². The van der Waals surface area contributed by atoms with E-state index in [1.165, 1.54) is 87.3 Å². The van der Waals surface area contributed by atoms with Gasteiger partial charge in [-0.05, 0) is 97.0 Å². The van der Waals surface area contributed by atoms with Crippen LogP contribution in [-0.4, -0.2) is 4.57 Å². The highest BCUT2D eigenvalue weighted by Gasteiger charge is 2.17. The number of nitrogens with zero attached hydrogens (tertiary/aromatic N) is 1. The van der Waals surface area contributed by atoms with Crippen molar-refractivity contribution in [3.05, 3.63) is 151 Å². The molecule has 0 radical (unpaired) electrons. The summed E-state index contributed by atoms with van der Waals surface area (Å²) in [6.45, 7) is 2.17. The van der Waals surface area contributed by atoms with Crippen molar-refractivity contribution in [1.29, 1.82) is 0 Å². The number of fused-ring (bicyclic) bond motifs is 10. The van der Waals surface area contributed by atoms with Crippen LogP contribution in [0.3, 0.4) is 0 Å². The predicted octanol–water partition coefficient (Wildman–Crippen LogP) is 11.4. The summed E-state index contributed by atoms with van der Waals surface area (Å²) >= 11 is 0. The van der Waals surface area contributed by atoms with Crippen molar-refractivity contribution in [1.82, 2.24) is 4.57 Å². The van der Waals surface area contributed by atoms with Crippen LogP contribution in [0.4, 0.5) is 0 Å². The lowest BCUT2D eigenvalue weighted by Crippen LogP contribution is -1.94. The van der Waals surface area contributed by atoms with Gasteiger partial charge < -0.3 is 4.57 Å². The van der Waals surface area contributed by atoms with Crippen LogP contribution >= 0.6 is 0 Å². The smallest absolute Gasteiger partial charge is 0.0543 e. The molecule has 0 N–H and O–H groups in total. The van der Waals surface area contributed by atoms with Gasteiger partial charge in [0, 0.05) is 16.5 Å². The summed E-state index contributed by atoms with van der Waals surface area (Å²) in [4.78, 5) is 0. The monoisotopic (exact) mass is 533 g/mol. The average molecular weight is 534 g/mol. The minimum Gasteiger partial charge on any atom is -0.309 e. The predicted molar refractivity (Wildman–Crippen MR) is 181 cm³/mol. The second kappa shape index (κ2) is 8.80. The molecule has 0 amide bonds. The van der Waals surface area contributed by atoms with Crippen molar-refractivity contribution in [2.24, 2.45) is 0 Å². The van der Waals surface area contributed by atoms with Gasteiger partial charge in [-0.2, -0.15) is 0 Å². The molecule has 0 saturated heterocycles. The van der Waals surface area contributed by atoms with Gasteiger partial charge in [-0.3, -0.25) is 0 Å². The fraction of sp³-hybridized carbons (Fsp3) is 0.0244. The van der Waals surface area contributed by atoms with Crippen LogP contribution in [0.5, 0.6) is 0 Å². The largest absolute Gasteiger partial charge is 0.309 e. The summed E-state index contributed by atoms with van der Waals surface area (Å²) < 4.78 is 2.41. The molecule has 196 valence electrons. The van der Waals surface area contributed by atoms with Crippen molar-refractivity contribution in [2.45, 2.75) is 6.92 Å². The Morgan fingerprint density at radius 1 is 0.405 bits per heavy atom. The quantitative estimate of drug-likeness (QED) is 0.154. The second-order valence-electron chi connectivity index (χ2n) is 11.4. The zero-order valence-corrected chi connectivity index (χ0v) is 23.3. The standard InChI is InChI=1S/C41H27N/c1-26-18-23-35-34-15-8-9-17-38(34)42(39(35)24-26)29-21-19-27(20-22-29)40-30-11-3-2-10-28(30)25-37-33-14-5-4-12-31(33)32-13-6-7-16-36(32)41(37)40/h2-25H,1H3. The summed E-state index contributed by atoms with van der Waals surface area (Å²) in [6.07, 6.45) is 0. The first-order chi connectivity index (χ1) is 20.8. The lowest BCUT2D eigenvalue weighted by Gasteiger charge is -2.18. The molecular formula is C41H27N. The molecule has 0 aliphatic carbocycles. The van der Waals surface area contributed by atoms with Crippen LogP contribution in [0, 0.1) is 6.92 Å². The molecule has 0 unspecified atom stereocenters. The van der Waals surface area contributed by atoms with Gasteiger partial charge in [0.1, 0.15) is 0 Å². The van der Waals surface area contributed by atoms with E-state index in [9.17, 15) is 0 Å². The molecule has 1 nitrogen and oxygen atoms in total. The highest BCUT2D eigenvalue weighted by Crippen LogP contribution is 2.44. The fourth-order valence-electron chi connectivity index (χ4n) is 7.16. The summed E-state index contributed by atoms with van der Waals surface area (Å²) in [5.41, 5.74) is 7.46. The maximum atomic E-state index is 2.41. The number of hydrogen-bond acceptors (Lipinski definition) is 0.